The standard InChI is InChI=1S/C31H30N2O8S/c1-3-39-25-17-20(15-23(30(25)35)33(37)38)28-27(31(36)41-12-11-40-21-8-5-4-6-9-21)18(2)32-22-14-19(16-24(34)29(22)28)26-10-7-13-42-26/h4-10,13,15,17,19,28,32,35H,3,11-12,14,16H2,1-2H3/t19-,28-/m0/s1. The number of carbonyl (C=O) groups excluding carboxylic acids is 2. The summed E-state index contributed by atoms with van der Waals surface area (Å²) in [6.07, 6.45) is 0.753. The van der Waals surface area contributed by atoms with Crippen LogP contribution < -0.4 is 14.8 Å². The zero-order chi connectivity index (χ0) is 29.8. The fourth-order valence-electron chi connectivity index (χ4n) is 5.44. The number of ketones is 1. The molecule has 1 aromatic heterocycles. The number of esters is 1. The second kappa shape index (κ2) is 12.5. The molecule has 0 fully saturated rings. The SMILES string of the molecule is CCOc1cc([C@H]2C(C(=O)OCCOc3ccccc3)=C(C)NC3=C2C(=O)C[C@@H](c2cccs2)C3)cc([N+](=O)[O-])c1O. The summed E-state index contributed by atoms with van der Waals surface area (Å²) >= 11 is 1.58. The average Bonchev–Trinajstić information content (AvgIpc) is 3.51. The molecular weight excluding hydrogens is 560 g/mol. The van der Waals surface area contributed by atoms with Gasteiger partial charge in [0.05, 0.1) is 17.1 Å². The Hall–Kier alpha value is -4.64. The molecule has 2 N–H and O–H groups in total. The van der Waals surface area contributed by atoms with Crippen molar-refractivity contribution in [3.63, 3.8) is 0 Å². The van der Waals surface area contributed by atoms with Gasteiger partial charge in [0.15, 0.2) is 11.5 Å². The van der Waals surface area contributed by atoms with E-state index >= 15 is 0 Å². The molecule has 0 saturated carbocycles. The Labute approximate surface area is 246 Å². The number of hydrogen-bond acceptors (Lipinski definition) is 10. The number of para-hydroxylation sites is 1. The highest BCUT2D eigenvalue weighted by Gasteiger charge is 2.42. The van der Waals surface area contributed by atoms with E-state index < -0.39 is 28.2 Å². The van der Waals surface area contributed by atoms with Gasteiger partial charge in [-0.05, 0) is 55.5 Å². The number of rotatable bonds is 10. The van der Waals surface area contributed by atoms with E-state index in [4.69, 9.17) is 14.2 Å². The van der Waals surface area contributed by atoms with Crippen LogP contribution in [0.25, 0.3) is 0 Å². The highest BCUT2D eigenvalue weighted by molar-refractivity contribution is 7.10. The minimum Gasteiger partial charge on any atom is -0.500 e. The van der Waals surface area contributed by atoms with Crippen LogP contribution in [0.5, 0.6) is 17.2 Å². The molecule has 3 aromatic rings. The highest BCUT2D eigenvalue weighted by atomic mass is 32.1. The number of benzene rings is 2. The Morgan fingerprint density at radius 2 is 1.90 bits per heavy atom. The quantitative estimate of drug-likeness (QED) is 0.131. The molecule has 0 spiro atoms. The molecule has 10 nitrogen and oxygen atoms in total. The number of dihydropyridines is 1. The van der Waals surface area contributed by atoms with Crippen molar-refractivity contribution in [2.75, 3.05) is 19.8 Å². The lowest BCUT2D eigenvalue weighted by molar-refractivity contribution is -0.386. The van der Waals surface area contributed by atoms with Gasteiger partial charge >= 0.3 is 11.7 Å². The van der Waals surface area contributed by atoms with E-state index in [1.54, 1.807) is 37.3 Å². The third-order valence-electron chi connectivity index (χ3n) is 7.23. The van der Waals surface area contributed by atoms with E-state index in [0.29, 0.717) is 29.1 Å². The zero-order valence-corrected chi connectivity index (χ0v) is 23.9. The number of nitrogens with zero attached hydrogens (tertiary/aromatic N) is 1. The Kier molecular flexibility index (Phi) is 8.58. The molecule has 5 rings (SSSR count). The van der Waals surface area contributed by atoms with Gasteiger partial charge in [0.25, 0.3) is 0 Å². The van der Waals surface area contributed by atoms with Crippen LogP contribution in [-0.2, 0) is 14.3 Å². The Morgan fingerprint density at radius 3 is 2.60 bits per heavy atom. The number of ether oxygens (including phenoxy) is 3. The maximum Gasteiger partial charge on any atom is 0.336 e. The summed E-state index contributed by atoms with van der Waals surface area (Å²) in [5.74, 6) is -1.97. The van der Waals surface area contributed by atoms with Gasteiger partial charge in [-0.1, -0.05) is 24.3 Å². The van der Waals surface area contributed by atoms with Crippen LogP contribution in [0.3, 0.4) is 0 Å². The van der Waals surface area contributed by atoms with Crippen molar-refractivity contribution >= 4 is 28.8 Å². The lowest BCUT2D eigenvalue weighted by Crippen LogP contribution is -2.36. The largest absolute Gasteiger partial charge is 0.500 e. The van der Waals surface area contributed by atoms with E-state index in [1.165, 1.54) is 12.1 Å². The first-order valence-electron chi connectivity index (χ1n) is 13.5. The van der Waals surface area contributed by atoms with Crippen molar-refractivity contribution < 1.29 is 33.8 Å². The molecule has 2 atom stereocenters. The molecule has 0 saturated heterocycles. The van der Waals surface area contributed by atoms with Crippen LogP contribution in [-0.4, -0.2) is 41.6 Å². The van der Waals surface area contributed by atoms with Gasteiger partial charge in [0.1, 0.15) is 19.0 Å². The summed E-state index contributed by atoms with van der Waals surface area (Å²) in [6, 6.07) is 15.7. The van der Waals surface area contributed by atoms with Gasteiger partial charge in [0, 0.05) is 46.2 Å². The van der Waals surface area contributed by atoms with Crippen molar-refractivity contribution in [3.05, 3.63) is 103 Å². The first-order chi connectivity index (χ1) is 20.3. The second-order valence-electron chi connectivity index (χ2n) is 9.91. The minimum absolute atomic E-state index is 0.0334. The smallest absolute Gasteiger partial charge is 0.336 e. The van der Waals surface area contributed by atoms with Crippen LogP contribution >= 0.6 is 11.3 Å². The number of carbonyl (C=O) groups is 2. The van der Waals surface area contributed by atoms with Crippen molar-refractivity contribution in [1.82, 2.24) is 5.32 Å². The third-order valence-corrected chi connectivity index (χ3v) is 8.26. The maximum atomic E-state index is 13.8. The predicted octanol–water partition coefficient (Wildman–Crippen LogP) is 5.74. The maximum absolute atomic E-state index is 13.8. The monoisotopic (exact) mass is 590 g/mol. The van der Waals surface area contributed by atoms with Gasteiger partial charge in [-0.3, -0.25) is 14.9 Å². The van der Waals surface area contributed by atoms with Crippen molar-refractivity contribution in [3.8, 4) is 17.2 Å². The normalized spacial score (nSPS) is 18.3. The second-order valence-corrected chi connectivity index (χ2v) is 10.9. The summed E-state index contributed by atoms with van der Waals surface area (Å²) in [4.78, 5) is 39.7. The average molecular weight is 591 g/mol. The first-order valence-corrected chi connectivity index (χ1v) is 14.4. The van der Waals surface area contributed by atoms with Crippen molar-refractivity contribution in [2.45, 2.75) is 38.5 Å². The molecule has 0 radical (unpaired) electrons. The number of phenolic OH excluding ortho intramolecular Hbond substituents is 1. The summed E-state index contributed by atoms with van der Waals surface area (Å²) < 4.78 is 16.7. The van der Waals surface area contributed by atoms with E-state index in [9.17, 15) is 24.8 Å². The molecule has 1 aliphatic carbocycles. The summed E-state index contributed by atoms with van der Waals surface area (Å²) in [5, 5.41) is 27.7. The van der Waals surface area contributed by atoms with Crippen LogP contribution in [0.4, 0.5) is 5.69 Å². The number of nitro groups is 1. The predicted molar refractivity (Wildman–Crippen MR) is 156 cm³/mol. The number of Topliss-reactive ketones (excluding diaryl/α,β-unsaturated/α-hetero) is 1. The molecule has 0 amide bonds. The van der Waals surface area contributed by atoms with E-state index in [1.807, 2.05) is 35.7 Å². The van der Waals surface area contributed by atoms with Crippen molar-refractivity contribution in [1.29, 1.82) is 0 Å². The third kappa shape index (κ3) is 5.87. The number of aromatic hydroxyl groups is 1. The van der Waals surface area contributed by atoms with Crippen LogP contribution in [0.15, 0.2) is 82.5 Å². The molecule has 42 heavy (non-hydrogen) atoms. The number of phenols is 1. The number of nitrogens with one attached hydrogen (secondary N) is 1. The lowest BCUT2D eigenvalue weighted by atomic mass is 9.72. The number of thiophene rings is 1. The number of allylic oxidation sites excluding steroid dienone is 3. The fraction of sp³-hybridized carbons (Fsp3) is 0.290. The topological polar surface area (TPSA) is 137 Å². The Balaban J connectivity index is 1.52. The first kappa shape index (κ1) is 28.9. The van der Waals surface area contributed by atoms with Gasteiger partial charge in [-0.2, -0.15) is 0 Å². The lowest BCUT2D eigenvalue weighted by Gasteiger charge is -2.36. The molecule has 1 aliphatic heterocycles. The molecule has 0 bridgehead atoms. The fourth-order valence-corrected chi connectivity index (χ4v) is 6.27. The molecule has 218 valence electrons. The van der Waals surface area contributed by atoms with Gasteiger partial charge in [0.2, 0.25) is 5.75 Å². The van der Waals surface area contributed by atoms with E-state index in [-0.39, 0.29) is 54.8 Å². The molecular formula is C31H30N2O8S. The molecule has 2 heterocycles. The van der Waals surface area contributed by atoms with E-state index in [2.05, 4.69) is 5.32 Å². The zero-order valence-electron chi connectivity index (χ0n) is 23.1. The Bertz CT molecular complexity index is 1560. The molecule has 2 aromatic carbocycles. The van der Waals surface area contributed by atoms with Crippen LogP contribution in [0, 0.1) is 10.1 Å². The summed E-state index contributed by atoms with van der Waals surface area (Å²) in [7, 11) is 0. The minimum atomic E-state index is -0.973. The van der Waals surface area contributed by atoms with Gasteiger partial charge < -0.3 is 24.6 Å². The van der Waals surface area contributed by atoms with Gasteiger partial charge in [-0.15, -0.1) is 11.3 Å². The Morgan fingerprint density at radius 1 is 1.12 bits per heavy atom. The summed E-state index contributed by atoms with van der Waals surface area (Å²) in [6.45, 7) is 3.58. The molecule has 0 unspecified atom stereocenters. The van der Waals surface area contributed by atoms with Crippen LogP contribution in [0.1, 0.15) is 49.0 Å². The van der Waals surface area contributed by atoms with Crippen LogP contribution in [0.2, 0.25) is 0 Å². The molecule has 11 heteroatoms. The van der Waals surface area contributed by atoms with E-state index in [0.717, 1.165) is 4.88 Å². The van der Waals surface area contributed by atoms with Gasteiger partial charge in [-0.25, -0.2) is 4.79 Å². The van der Waals surface area contributed by atoms with Crippen molar-refractivity contribution in [2.24, 2.45) is 0 Å². The molecule has 2 aliphatic rings. The highest BCUT2D eigenvalue weighted by Crippen LogP contribution is 2.49. The summed E-state index contributed by atoms with van der Waals surface area (Å²) in [5.41, 5.74) is 1.32. The number of nitro benzene ring substituents is 1. The number of hydrogen-bond donors (Lipinski definition) is 2.